The minimum absolute atomic E-state index is 0.145. The third-order valence-corrected chi connectivity index (χ3v) is 2.68. The summed E-state index contributed by atoms with van der Waals surface area (Å²) in [7, 11) is 0. The molecule has 0 bridgehead atoms. The van der Waals surface area contributed by atoms with Crippen molar-refractivity contribution in [3.63, 3.8) is 0 Å². The van der Waals surface area contributed by atoms with Gasteiger partial charge in [0.05, 0.1) is 6.10 Å². The zero-order valence-corrected chi connectivity index (χ0v) is 8.37. The maximum absolute atomic E-state index is 12.0. The van der Waals surface area contributed by atoms with Crippen LogP contribution in [0, 0.1) is 0 Å². The van der Waals surface area contributed by atoms with Crippen LogP contribution in [0.15, 0.2) is 24.3 Å². The first-order chi connectivity index (χ1) is 7.44. The molecular weight excluding hydrogens is 221 g/mol. The summed E-state index contributed by atoms with van der Waals surface area (Å²) in [6.07, 6.45) is -3.76. The Kier molecular flexibility index (Phi) is 2.80. The molecule has 0 radical (unpaired) electrons. The van der Waals surface area contributed by atoms with Gasteiger partial charge < -0.3 is 9.84 Å². The predicted octanol–water partition coefficient (Wildman–Crippen LogP) is 2.82. The van der Waals surface area contributed by atoms with Gasteiger partial charge in [0.25, 0.3) is 0 Å². The Hall–Kier alpha value is -1.23. The van der Waals surface area contributed by atoms with E-state index in [-0.39, 0.29) is 17.8 Å². The van der Waals surface area contributed by atoms with Crippen molar-refractivity contribution in [3.8, 4) is 5.75 Å². The second kappa shape index (κ2) is 3.97. The van der Waals surface area contributed by atoms with Gasteiger partial charge in [-0.15, -0.1) is 13.2 Å². The Balaban J connectivity index is 2.08. The van der Waals surface area contributed by atoms with E-state index >= 15 is 0 Å². The first kappa shape index (κ1) is 11.3. The molecular formula is C11H11F3O2. The number of benzene rings is 1. The lowest BCUT2D eigenvalue weighted by Gasteiger charge is -2.31. The number of alkyl halides is 3. The van der Waals surface area contributed by atoms with E-state index in [1.165, 1.54) is 18.2 Å². The second-order valence-electron chi connectivity index (χ2n) is 3.94. The minimum atomic E-state index is -4.66. The van der Waals surface area contributed by atoms with Crippen molar-refractivity contribution in [1.82, 2.24) is 0 Å². The van der Waals surface area contributed by atoms with Gasteiger partial charge in [0.1, 0.15) is 5.75 Å². The fraction of sp³-hybridized carbons (Fsp3) is 0.455. The van der Waals surface area contributed by atoms with Gasteiger partial charge in [-0.2, -0.15) is 0 Å². The van der Waals surface area contributed by atoms with Crippen LogP contribution < -0.4 is 4.74 Å². The molecule has 0 spiro atoms. The molecule has 0 unspecified atom stereocenters. The van der Waals surface area contributed by atoms with Crippen molar-refractivity contribution < 1.29 is 23.0 Å². The maximum atomic E-state index is 12.0. The standard InChI is InChI=1S/C11H11F3O2/c12-11(13,14)16-10-3-1-2-7(6-10)8-4-9(15)5-8/h1-3,6,8-9,15H,4-5H2. The molecule has 0 heterocycles. The average molecular weight is 232 g/mol. The summed E-state index contributed by atoms with van der Waals surface area (Å²) in [5, 5.41) is 9.12. The Morgan fingerprint density at radius 2 is 1.94 bits per heavy atom. The van der Waals surface area contributed by atoms with Crippen LogP contribution in [0.1, 0.15) is 24.3 Å². The molecule has 0 amide bonds. The second-order valence-corrected chi connectivity index (χ2v) is 3.94. The monoisotopic (exact) mass is 232 g/mol. The van der Waals surface area contributed by atoms with Crippen LogP contribution in [0.2, 0.25) is 0 Å². The van der Waals surface area contributed by atoms with Crippen molar-refractivity contribution in [2.24, 2.45) is 0 Å². The molecule has 0 saturated heterocycles. The molecule has 88 valence electrons. The van der Waals surface area contributed by atoms with Gasteiger partial charge in [-0.1, -0.05) is 12.1 Å². The molecule has 1 aromatic rings. The minimum Gasteiger partial charge on any atom is -0.406 e. The van der Waals surface area contributed by atoms with E-state index in [0.29, 0.717) is 12.8 Å². The fourth-order valence-electron chi connectivity index (χ4n) is 1.83. The number of aliphatic hydroxyl groups is 1. The normalized spacial score (nSPS) is 25.0. The third-order valence-electron chi connectivity index (χ3n) is 2.68. The molecule has 16 heavy (non-hydrogen) atoms. The van der Waals surface area contributed by atoms with E-state index in [0.717, 1.165) is 5.56 Å². The van der Waals surface area contributed by atoms with Gasteiger partial charge in [0, 0.05) is 0 Å². The molecule has 0 atom stereocenters. The maximum Gasteiger partial charge on any atom is 0.573 e. The van der Waals surface area contributed by atoms with Gasteiger partial charge in [-0.05, 0) is 36.5 Å². The molecule has 0 aromatic heterocycles. The van der Waals surface area contributed by atoms with Gasteiger partial charge in [0.15, 0.2) is 0 Å². The van der Waals surface area contributed by atoms with Gasteiger partial charge in [-0.25, -0.2) is 0 Å². The van der Waals surface area contributed by atoms with Crippen molar-refractivity contribution in [2.75, 3.05) is 0 Å². The molecule has 1 aliphatic carbocycles. The molecule has 2 rings (SSSR count). The Morgan fingerprint density at radius 3 is 2.50 bits per heavy atom. The smallest absolute Gasteiger partial charge is 0.406 e. The van der Waals surface area contributed by atoms with E-state index in [9.17, 15) is 13.2 Å². The number of ether oxygens (including phenoxy) is 1. The Morgan fingerprint density at radius 1 is 1.25 bits per heavy atom. The van der Waals surface area contributed by atoms with E-state index in [2.05, 4.69) is 4.74 Å². The summed E-state index contributed by atoms with van der Waals surface area (Å²) < 4.78 is 39.7. The molecule has 1 aliphatic rings. The highest BCUT2D eigenvalue weighted by atomic mass is 19.4. The van der Waals surface area contributed by atoms with Crippen molar-refractivity contribution in [3.05, 3.63) is 29.8 Å². The number of aliphatic hydroxyl groups excluding tert-OH is 1. The van der Waals surface area contributed by atoms with Crippen molar-refractivity contribution in [2.45, 2.75) is 31.2 Å². The molecule has 5 heteroatoms. The van der Waals surface area contributed by atoms with Gasteiger partial charge in [-0.3, -0.25) is 0 Å². The van der Waals surface area contributed by atoms with Gasteiger partial charge in [0.2, 0.25) is 0 Å². The molecule has 1 N–H and O–H groups in total. The molecule has 1 fully saturated rings. The van der Waals surface area contributed by atoms with E-state index < -0.39 is 6.36 Å². The number of hydrogen-bond acceptors (Lipinski definition) is 2. The zero-order chi connectivity index (χ0) is 11.8. The molecule has 1 saturated carbocycles. The van der Waals surface area contributed by atoms with Crippen LogP contribution in [0.3, 0.4) is 0 Å². The van der Waals surface area contributed by atoms with E-state index in [1.54, 1.807) is 6.07 Å². The lowest BCUT2D eigenvalue weighted by atomic mass is 9.78. The highest BCUT2D eigenvalue weighted by Crippen LogP contribution is 2.38. The summed E-state index contributed by atoms with van der Waals surface area (Å²) in [5.74, 6) is -0.0572. The highest BCUT2D eigenvalue weighted by Gasteiger charge is 2.32. The quantitative estimate of drug-likeness (QED) is 0.849. The van der Waals surface area contributed by atoms with Crippen LogP contribution in [-0.2, 0) is 0 Å². The van der Waals surface area contributed by atoms with Crippen LogP contribution in [-0.4, -0.2) is 17.6 Å². The first-order valence-corrected chi connectivity index (χ1v) is 4.98. The summed E-state index contributed by atoms with van der Waals surface area (Å²) in [6, 6.07) is 5.93. The topological polar surface area (TPSA) is 29.5 Å². The van der Waals surface area contributed by atoms with Crippen molar-refractivity contribution in [1.29, 1.82) is 0 Å². The van der Waals surface area contributed by atoms with Gasteiger partial charge >= 0.3 is 6.36 Å². The van der Waals surface area contributed by atoms with Crippen LogP contribution >= 0.6 is 0 Å². The van der Waals surface area contributed by atoms with E-state index in [4.69, 9.17) is 5.11 Å². The van der Waals surface area contributed by atoms with Crippen molar-refractivity contribution >= 4 is 0 Å². The fourth-order valence-corrected chi connectivity index (χ4v) is 1.83. The lowest BCUT2D eigenvalue weighted by molar-refractivity contribution is -0.274. The lowest BCUT2D eigenvalue weighted by Crippen LogP contribution is -2.26. The SMILES string of the molecule is OC1CC(c2cccc(OC(F)(F)F)c2)C1. The average Bonchev–Trinajstić information content (AvgIpc) is 2.10. The Labute approximate surface area is 90.7 Å². The number of hydrogen-bond donors (Lipinski definition) is 1. The summed E-state index contributed by atoms with van der Waals surface area (Å²) in [6.45, 7) is 0. The molecule has 2 nitrogen and oxygen atoms in total. The molecule has 0 aliphatic heterocycles. The Bertz CT molecular complexity index is 370. The van der Waals surface area contributed by atoms with Crippen LogP contribution in [0.25, 0.3) is 0 Å². The van der Waals surface area contributed by atoms with E-state index in [1.807, 2.05) is 0 Å². The largest absolute Gasteiger partial charge is 0.573 e. The number of halogens is 3. The third kappa shape index (κ3) is 2.66. The van der Waals surface area contributed by atoms with Crippen LogP contribution in [0.4, 0.5) is 13.2 Å². The highest BCUT2D eigenvalue weighted by molar-refractivity contribution is 5.32. The molecule has 1 aromatic carbocycles. The number of rotatable bonds is 2. The summed E-state index contributed by atoms with van der Waals surface area (Å²) in [4.78, 5) is 0. The zero-order valence-electron chi connectivity index (χ0n) is 8.37. The van der Waals surface area contributed by atoms with Crippen LogP contribution in [0.5, 0.6) is 5.75 Å². The summed E-state index contributed by atoms with van der Waals surface area (Å²) in [5.41, 5.74) is 0.784. The summed E-state index contributed by atoms with van der Waals surface area (Å²) >= 11 is 0. The first-order valence-electron chi connectivity index (χ1n) is 4.98. The predicted molar refractivity (Wildman–Crippen MR) is 51.1 cm³/mol.